The number of halogens is 1. The fourth-order valence-corrected chi connectivity index (χ4v) is 2.70. The van der Waals surface area contributed by atoms with Crippen LogP contribution in [0.1, 0.15) is 43.9 Å². The van der Waals surface area contributed by atoms with E-state index in [4.69, 9.17) is 10.0 Å². The van der Waals surface area contributed by atoms with Gasteiger partial charge in [0.1, 0.15) is 5.78 Å². The number of hydrogen-bond acceptors (Lipinski definition) is 8. The number of hydrogen-bond donors (Lipinski definition) is 4. The van der Waals surface area contributed by atoms with Crippen LogP contribution < -0.4 is 10.8 Å². The lowest BCUT2D eigenvalue weighted by molar-refractivity contribution is -0.117. The minimum atomic E-state index is 0.0681. The standard InChI is InChI=1S/C18H23BrN6O3/c1-3-14(26)9-12(20)5-4-8-21-17-16(24-28-25-17)18(23-27)22-13-7-6-11(2)15(19)10-13/h6-7,10,20,27H,3-5,8-9H2,1-2H3,(H,21,25)(H,22,23). The lowest BCUT2D eigenvalue weighted by Gasteiger charge is -2.07. The summed E-state index contributed by atoms with van der Waals surface area (Å²) in [7, 11) is 0. The molecule has 0 fully saturated rings. The fraction of sp³-hybridized carbons (Fsp3) is 0.389. The Kier molecular flexibility index (Phi) is 8.27. The van der Waals surface area contributed by atoms with Crippen LogP contribution in [0.2, 0.25) is 0 Å². The molecule has 1 aromatic heterocycles. The summed E-state index contributed by atoms with van der Waals surface area (Å²) < 4.78 is 5.66. The van der Waals surface area contributed by atoms with Crippen LogP contribution in [-0.2, 0) is 4.79 Å². The number of aromatic nitrogens is 2. The first-order valence-corrected chi connectivity index (χ1v) is 9.63. The van der Waals surface area contributed by atoms with Gasteiger partial charge in [0.2, 0.25) is 5.82 Å². The number of anilines is 1. The van der Waals surface area contributed by atoms with Crippen molar-refractivity contribution < 1.29 is 14.6 Å². The molecule has 4 N–H and O–H groups in total. The number of aliphatic imine (C=N–C) groups is 1. The normalized spacial score (nSPS) is 11.4. The Hall–Kier alpha value is -2.59. The Bertz CT molecular complexity index is 865. The van der Waals surface area contributed by atoms with Crippen LogP contribution in [0.5, 0.6) is 0 Å². The summed E-state index contributed by atoms with van der Waals surface area (Å²) >= 11 is 3.44. The minimum absolute atomic E-state index is 0.0681. The topological polar surface area (TPSA) is 136 Å². The molecule has 0 aliphatic rings. The van der Waals surface area contributed by atoms with Gasteiger partial charge >= 0.3 is 0 Å². The smallest absolute Gasteiger partial charge is 0.202 e. The number of hydroxylamine groups is 1. The van der Waals surface area contributed by atoms with E-state index in [-0.39, 0.29) is 23.7 Å². The number of benzene rings is 1. The quantitative estimate of drug-likeness (QED) is 0.187. The minimum Gasteiger partial charge on any atom is -0.365 e. The number of rotatable bonds is 10. The Balaban J connectivity index is 1.99. The molecule has 28 heavy (non-hydrogen) atoms. The second-order valence-electron chi connectivity index (χ2n) is 6.17. The Morgan fingerprint density at radius 1 is 1.39 bits per heavy atom. The number of amidine groups is 1. The highest BCUT2D eigenvalue weighted by Crippen LogP contribution is 2.23. The second-order valence-corrected chi connectivity index (χ2v) is 7.02. The number of carbonyl (C=O) groups is 1. The van der Waals surface area contributed by atoms with E-state index >= 15 is 0 Å². The Labute approximate surface area is 171 Å². The average molecular weight is 451 g/mol. The zero-order chi connectivity index (χ0) is 20.5. The molecule has 9 nitrogen and oxygen atoms in total. The predicted octanol–water partition coefficient (Wildman–Crippen LogP) is 3.78. The van der Waals surface area contributed by atoms with E-state index in [2.05, 4.69) is 36.6 Å². The SMILES string of the molecule is CCC(=O)CC(=N)CCCNc1nonc1C(=Nc1ccc(C)c(Br)c1)NO. The third kappa shape index (κ3) is 6.24. The van der Waals surface area contributed by atoms with Crippen LogP contribution in [-0.4, -0.2) is 39.4 Å². The molecule has 0 saturated heterocycles. The summed E-state index contributed by atoms with van der Waals surface area (Å²) in [5.41, 5.74) is 4.34. The molecule has 0 spiro atoms. The van der Waals surface area contributed by atoms with Crippen LogP contribution in [0.3, 0.4) is 0 Å². The molecule has 0 aliphatic heterocycles. The lowest BCUT2D eigenvalue weighted by Crippen LogP contribution is -2.22. The molecule has 10 heteroatoms. The lowest BCUT2D eigenvalue weighted by atomic mass is 10.1. The Morgan fingerprint density at radius 3 is 2.86 bits per heavy atom. The average Bonchev–Trinajstić information content (AvgIpc) is 3.14. The van der Waals surface area contributed by atoms with Gasteiger partial charge in [-0.05, 0) is 47.8 Å². The molecule has 150 valence electrons. The first-order valence-electron chi connectivity index (χ1n) is 8.84. The predicted molar refractivity (Wildman–Crippen MR) is 110 cm³/mol. The first kappa shape index (κ1) is 21.7. The van der Waals surface area contributed by atoms with Crippen LogP contribution in [0.4, 0.5) is 11.5 Å². The van der Waals surface area contributed by atoms with Crippen LogP contribution in [0.15, 0.2) is 32.3 Å². The number of carbonyl (C=O) groups excluding carboxylic acids is 1. The van der Waals surface area contributed by atoms with E-state index in [0.29, 0.717) is 43.0 Å². The van der Waals surface area contributed by atoms with Crippen molar-refractivity contribution in [2.75, 3.05) is 11.9 Å². The van der Waals surface area contributed by atoms with Gasteiger partial charge in [-0.2, -0.15) is 0 Å². The number of aryl methyl sites for hydroxylation is 1. The highest BCUT2D eigenvalue weighted by Gasteiger charge is 2.16. The zero-order valence-electron chi connectivity index (χ0n) is 15.8. The number of ketones is 1. The molecule has 0 aliphatic carbocycles. The number of nitrogens with one attached hydrogen (secondary N) is 3. The van der Waals surface area contributed by atoms with E-state index in [0.717, 1.165) is 10.0 Å². The molecule has 0 unspecified atom stereocenters. The molecule has 0 radical (unpaired) electrons. The van der Waals surface area contributed by atoms with Gasteiger partial charge in [-0.1, -0.05) is 28.9 Å². The van der Waals surface area contributed by atoms with E-state index in [9.17, 15) is 10.0 Å². The third-order valence-corrected chi connectivity index (χ3v) is 4.82. The number of Topliss-reactive ketones (excluding diaryl/α,β-unsaturated/α-hetero) is 1. The summed E-state index contributed by atoms with van der Waals surface area (Å²) in [6.07, 6.45) is 1.80. The van der Waals surface area contributed by atoms with Gasteiger partial charge in [0.15, 0.2) is 11.5 Å². The van der Waals surface area contributed by atoms with Gasteiger partial charge in [-0.25, -0.2) is 9.62 Å². The highest BCUT2D eigenvalue weighted by molar-refractivity contribution is 9.10. The monoisotopic (exact) mass is 450 g/mol. The molecule has 0 atom stereocenters. The highest BCUT2D eigenvalue weighted by atomic mass is 79.9. The van der Waals surface area contributed by atoms with E-state index in [1.807, 2.05) is 24.5 Å². The summed E-state index contributed by atoms with van der Waals surface area (Å²) in [6, 6.07) is 5.52. The molecular weight excluding hydrogens is 428 g/mol. The van der Waals surface area contributed by atoms with Crippen molar-refractivity contribution in [1.29, 1.82) is 5.41 Å². The molecule has 0 bridgehead atoms. The van der Waals surface area contributed by atoms with Crippen molar-refractivity contribution in [2.24, 2.45) is 4.99 Å². The van der Waals surface area contributed by atoms with Gasteiger partial charge < -0.3 is 10.7 Å². The zero-order valence-corrected chi connectivity index (χ0v) is 17.3. The maximum atomic E-state index is 11.4. The molecule has 2 rings (SSSR count). The molecule has 0 saturated carbocycles. The van der Waals surface area contributed by atoms with E-state index in [1.54, 1.807) is 13.0 Å². The summed E-state index contributed by atoms with van der Waals surface area (Å²) in [5.74, 6) is 0.474. The molecule has 1 heterocycles. The van der Waals surface area contributed by atoms with Gasteiger partial charge in [0.25, 0.3) is 0 Å². The Morgan fingerprint density at radius 2 is 2.18 bits per heavy atom. The van der Waals surface area contributed by atoms with Crippen molar-refractivity contribution in [1.82, 2.24) is 15.8 Å². The third-order valence-electron chi connectivity index (χ3n) is 3.97. The molecular formula is C18H23BrN6O3. The van der Waals surface area contributed by atoms with Crippen molar-refractivity contribution in [2.45, 2.75) is 39.5 Å². The van der Waals surface area contributed by atoms with Gasteiger partial charge in [-0.3, -0.25) is 15.5 Å². The molecule has 1 aromatic carbocycles. The van der Waals surface area contributed by atoms with Crippen LogP contribution in [0, 0.1) is 12.3 Å². The maximum Gasteiger partial charge on any atom is 0.202 e. The van der Waals surface area contributed by atoms with Crippen LogP contribution in [0.25, 0.3) is 0 Å². The maximum absolute atomic E-state index is 11.4. The largest absolute Gasteiger partial charge is 0.365 e. The van der Waals surface area contributed by atoms with Gasteiger partial charge in [0.05, 0.1) is 5.69 Å². The van der Waals surface area contributed by atoms with Crippen molar-refractivity contribution in [3.8, 4) is 0 Å². The van der Waals surface area contributed by atoms with E-state index in [1.165, 1.54) is 0 Å². The molecule has 0 amide bonds. The first-order chi connectivity index (χ1) is 13.4. The second kappa shape index (κ2) is 10.7. The van der Waals surface area contributed by atoms with Gasteiger partial charge in [-0.15, -0.1) is 0 Å². The summed E-state index contributed by atoms with van der Waals surface area (Å²) in [6.45, 7) is 4.25. The van der Waals surface area contributed by atoms with Gasteiger partial charge in [0, 0.05) is 29.6 Å². The van der Waals surface area contributed by atoms with Crippen molar-refractivity contribution in [3.05, 3.63) is 33.9 Å². The fourth-order valence-electron chi connectivity index (χ4n) is 2.33. The van der Waals surface area contributed by atoms with E-state index < -0.39 is 0 Å². The van der Waals surface area contributed by atoms with Crippen molar-refractivity contribution >= 4 is 44.8 Å². The molecule has 2 aromatic rings. The number of nitrogens with zero attached hydrogens (tertiary/aromatic N) is 3. The summed E-state index contributed by atoms with van der Waals surface area (Å²) in [5, 5.41) is 27.9. The summed E-state index contributed by atoms with van der Waals surface area (Å²) in [4.78, 5) is 15.7. The van der Waals surface area contributed by atoms with Crippen molar-refractivity contribution in [3.63, 3.8) is 0 Å². The van der Waals surface area contributed by atoms with Crippen LogP contribution >= 0.6 is 15.9 Å².